The molecule has 1 heterocycles. The Morgan fingerprint density at radius 3 is 3.07 bits per heavy atom. The van der Waals surface area contributed by atoms with Crippen LogP contribution in [0.15, 0.2) is 18.2 Å². The molecule has 0 spiro atoms. The minimum absolute atomic E-state index is 0.00810. The Bertz CT molecular complexity index is 378. The summed E-state index contributed by atoms with van der Waals surface area (Å²) in [7, 11) is 0. The molecule has 0 bridgehead atoms. The molecule has 0 radical (unpaired) electrons. The lowest BCUT2D eigenvalue weighted by atomic mass is 10.1. The maximum Gasteiger partial charge on any atom is 0.274 e. The van der Waals surface area contributed by atoms with Crippen molar-refractivity contribution in [3.05, 3.63) is 33.9 Å². The molecule has 0 unspecified atom stereocenters. The first kappa shape index (κ1) is 8.96. The molecule has 2 rings (SSSR count). The second-order valence-corrected chi connectivity index (χ2v) is 3.29. The van der Waals surface area contributed by atoms with E-state index in [9.17, 15) is 10.1 Å². The summed E-state index contributed by atoms with van der Waals surface area (Å²) in [5.41, 5.74) is 1.58. The first-order chi connectivity index (χ1) is 6.72. The van der Waals surface area contributed by atoms with E-state index in [1.54, 1.807) is 12.1 Å². The smallest absolute Gasteiger partial charge is 0.274 e. The van der Waals surface area contributed by atoms with Crippen LogP contribution < -0.4 is 5.32 Å². The van der Waals surface area contributed by atoms with Gasteiger partial charge in [-0.15, -0.1) is 0 Å². The first-order valence-corrected chi connectivity index (χ1v) is 4.36. The van der Waals surface area contributed by atoms with Crippen LogP contribution >= 0.6 is 0 Å². The number of nitrogens with zero attached hydrogens (tertiary/aromatic N) is 1. The minimum Gasteiger partial charge on any atom is -0.394 e. The summed E-state index contributed by atoms with van der Waals surface area (Å²) >= 11 is 0. The predicted molar refractivity (Wildman–Crippen MR) is 51.3 cm³/mol. The zero-order chi connectivity index (χ0) is 10.1. The van der Waals surface area contributed by atoms with E-state index in [-0.39, 0.29) is 23.3 Å². The molecule has 5 nitrogen and oxygen atoms in total. The maximum atomic E-state index is 10.7. The highest BCUT2D eigenvalue weighted by Gasteiger charge is 2.26. The maximum absolute atomic E-state index is 10.7. The molecule has 0 fully saturated rings. The van der Waals surface area contributed by atoms with Crippen LogP contribution in [0, 0.1) is 10.1 Å². The summed E-state index contributed by atoms with van der Waals surface area (Å²) in [4.78, 5) is 10.3. The highest BCUT2D eigenvalue weighted by atomic mass is 16.6. The molecule has 1 atom stereocenters. The van der Waals surface area contributed by atoms with Crippen molar-refractivity contribution in [1.82, 2.24) is 0 Å². The molecular weight excluding hydrogens is 184 g/mol. The number of anilines is 1. The third-order valence-electron chi connectivity index (χ3n) is 2.38. The number of rotatable bonds is 2. The van der Waals surface area contributed by atoms with Gasteiger partial charge in [-0.25, -0.2) is 0 Å². The van der Waals surface area contributed by atoms with Crippen molar-refractivity contribution in [3.63, 3.8) is 0 Å². The van der Waals surface area contributed by atoms with Crippen molar-refractivity contribution in [2.24, 2.45) is 0 Å². The van der Waals surface area contributed by atoms with E-state index in [0.29, 0.717) is 12.0 Å². The number of nitro benzene ring substituents is 1. The van der Waals surface area contributed by atoms with Gasteiger partial charge in [0.05, 0.1) is 23.1 Å². The van der Waals surface area contributed by atoms with Gasteiger partial charge in [0, 0.05) is 18.2 Å². The fourth-order valence-electron chi connectivity index (χ4n) is 1.72. The molecule has 0 amide bonds. The topological polar surface area (TPSA) is 75.4 Å². The third kappa shape index (κ3) is 1.31. The number of aliphatic hydroxyl groups is 1. The zero-order valence-electron chi connectivity index (χ0n) is 7.43. The second kappa shape index (κ2) is 3.26. The summed E-state index contributed by atoms with van der Waals surface area (Å²) in [6.45, 7) is -0.00810. The Hall–Kier alpha value is -1.62. The molecular formula is C9H10N2O3. The normalized spacial score (nSPS) is 18.8. The lowest BCUT2D eigenvalue weighted by Gasteiger charge is -2.04. The van der Waals surface area contributed by atoms with Gasteiger partial charge < -0.3 is 10.4 Å². The first-order valence-electron chi connectivity index (χ1n) is 4.36. The average Bonchev–Trinajstić information content (AvgIpc) is 2.59. The van der Waals surface area contributed by atoms with Crippen molar-refractivity contribution in [2.75, 3.05) is 11.9 Å². The molecule has 0 aliphatic carbocycles. The van der Waals surface area contributed by atoms with E-state index in [1.807, 2.05) is 0 Å². The van der Waals surface area contributed by atoms with Crippen LogP contribution in [-0.4, -0.2) is 22.7 Å². The van der Waals surface area contributed by atoms with Crippen molar-refractivity contribution >= 4 is 11.4 Å². The quantitative estimate of drug-likeness (QED) is 0.542. The molecule has 1 aliphatic rings. The van der Waals surface area contributed by atoms with Gasteiger partial charge in [-0.3, -0.25) is 10.1 Å². The molecule has 1 aromatic carbocycles. The predicted octanol–water partition coefficient (Wildman–Crippen LogP) is 0.924. The number of hydrogen-bond acceptors (Lipinski definition) is 4. The van der Waals surface area contributed by atoms with E-state index in [0.717, 1.165) is 5.69 Å². The summed E-state index contributed by atoms with van der Waals surface area (Å²) in [5, 5.41) is 22.6. The monoisotopic (exact) mass is 194 g/mol. The van der Waals surface area contributed by atoms with Crippen LogP contribution in [0.25, 0.3) is 0 Å². The Balaban J connectivity index is 2.41. The lowest BCUT2D eigenvalue weighted by molar-refractivity contribution is -0.385. The van der Waals surface area contributed by atoms with Crippen LogP contribution in [0.1, 0.15) is 5.56 Å². The Morgan fingerprint density at radius 1 is 1.64 bits per heavy atom. The van der Waals surface area contributed by atoms with Crippen molar-refractivity contribution in [3.8, 4) is 0 Å². The summed E-state index contributed by atoms with van der Waals surface area (Å²) in [6, 6.07) is 4.83. The van der Waals surface area contributed by atoms with Gasteiger partial charge in [-0.05, 0) is 6.07 Å². The van der Waals surface area contributed by atoms with Gasteiger partial charge in [-0.2, -0.15) is 0 Å². The Morgan fingerprint density at radius 2 is 2.43 bits per heavy atom. The minimum atomic E-state index is -0.389. The number of benzene rings is 1. The third-order valence-corrected chi connectivity index (χ3v) is 2.38. The van der Waals surface area contributed by atoms with Crippen LogP contribution in [0.2, 0.25) is 0 Å². The van der Waals surface area contributed by atoms with Crippen LogP contribution in [-0.2, 0) is 6.42 Å². The van der Waals surface area contributed by atoms with E-state index in [1.165, 1.54) is 6.07 Å². The molecule has 0 aromatic heterocycles. The standard InChI is InChI=1S/C9H10N2O3/c12-5-6-4-7-8(10-6)2-1-3-9(7)11(13)14/h1-3,6,10,12H,4-5H2/t6-/m1/s1. The van der Waals surface area contributed by atoms with Gasteiger partial charge in [-0.1, -0.05) is 6.07 Å². The van der Waals surface area contributed by atoms with Crippen LogP contribution in [0.5, 0.6) is 0 Å². The summed E-state index contributed by atoms with van der Waals surface area (Å²) in [6.07, 6.45) is 0.517. The number of nitro groups is 1. The number of nitrogens with one attached hydrogen (secondary N) is 1. The SMILES string of the molecule is O=[N+]([O-])c1cccc2c1C[C@H](CO)N2. The van der Waals surface area contributed by atoms with Gasteiger partial charge in [0.2, 0.25) is 0 Å². The molecule has 0 saturated carbocycles. The molecule has 1 aliphatic heterocycles. The summed E-state index contributed by atoms with van der Waals surface area (Å²) < 4.78 is 0. The molecule has 74 valence electrons. The zero-order valence-corrected chi connectivity index (χ0v) is 7.43. The molecule has 1 aromatic rings. The molecule has 0 saturated heterocycles. The Labute approximate surface area is 80.5 Å². The lowest BCUT2D eigenvalue weighted by Crippen LogP contribution is -2.19. The van der Waals surface area contributed by atoms with Gasteiger partial charge in [0.25, 0.3) is 5.69 Å². The molecule has 5 heteroatoms. The van der Waals surface area contributed by atoms with Crippen molar-refractivity contribution in [1.29, 1.82) is 0 Å². The largest absolute Gasteiger partial charge is 0.394 e. The summed E-state index contributed by atoms with van der Waals surface area (Å²) in [5.74, 6) is 0. The number of fused-ring (bicyclic) bond motifs is 1. The van der Waals surface area contributed by atoms with E-state index in [4.69, 9.17) is 5.11 Å². The average molecular weight is 194 g/mol. The van der Waals surface area contributed by atoms with Crippen molar-refractivity contribution < 1.29 is 10.0 Å². The van der Waals surface area contributed by atoms with E-state index in [2.05, 4.69) is 5.32 Å². The number of aliphatic hydroxyl groups excluding tert-OH is 1. The number of hydrogen-bond donors (Lipinski definition) is 2. The highest BCUT2D eigenvalue weighted by molar-refractivity contribution is 5.64. The fraction of sp³-hybridized carbons (Fsp3) is 0.333. The Kier molecular flexibility index (Phi) is 2.09. The fourth-order valence-corrected chi connectivity index (χ4v) is 1.72. The second-order valence-electron chi connectivity index (χ2n) is 3.29. The van der Waals surface area contributed by atoms with Gasteiger partial charge >= 0.3 is 0 Å². The van der Waals surface area contributed by atoms with Crippen LogP contribution in [0.3, 0.4) is 0 Å². The molecule has 14 heavy (non-hydrogen) atoms. The van der Waals surface area contributed by atoms with E-state index >= 15 is 0 Å². The van der Waals surface area contributed by atoms with Gasteiger partial charge in [0.15, 0.2) is 0 Å². The van der Waals surface area contributed by atoms with E-state index < -0.39 is 0 Å². The van der Waals surface area contributed by atoms with Crippen LogP contribution in [0.4, 0.5) is 11.4 Å². The highest BCUT2D eigenvalue weighted by Crippen LogP contribution is 2.32. The van der Waals surface area contributed by atoms with Gasteiger partial charge in [0.1, 0.15) is 0 Å². The van der Waals surface area contributed by atoms with Crippen molar-refractivity contribution in [2.45, 2.75) is 12.5 Å². The molecule has 2 N–H and O–H groups in total.